The van der Waals surface area contributed by atoms with Crippen molar-refractivity contribution in [2.45, 2.75) is 46.3 Å². The standard InChI is InChI=1S/C13H23BrN2OS/c1-5-17-12(13(2,3)4)11(16-15)7-10-6-9(14)8-18-10/h6,8,11-12,16H,5,7,15H2,1-4H3. The third-order valence-corrected chi connectivity index (χ3v) is 4.54. The Balaban J connectivity index is 2.79. The second-order valence-electron chi connectivity index (χ2n) is 5.45. The molecular weight excluding hydrogens is 312 g/mol. The highest BCUT2D eigenvalue weighted by Crippen LogP contribution is 2.28. The van der Waals surface area contributed by atoms with Crippen LogP contribution >= 0.6 is 27.3 Å². The lowest BCUT2D eigenvalue weighted by atomic mass is 9.83. The summed E-state index contributed by atoms with van der Waals surface area (Å²) in [4.78, 5) is 1.30. The van der Waals surface area contributed by atoms with E-state index in [1.807, 2.05) is 6.92 Å². The molecule has 0 fully saturated rings. The number of nitrogens with one attached hydrogen (secondary N) is 1. The Morgan fingerprint density at radius 2 is 2.17 bits per heavy atom. The van der Waals surface area contributed by atoms with E-state index in [4.69, 9.17) is 10.6 Å². The summed E-state index contributed by atoms with van der Waals surface area (Å²) in [5.41, 5.74) is 2.97. The summed E-state index contributed by atoms with van der Waals surface area (Å²) in [5.74, 6) is 5.72. The van der Waals surface area contributed by atoms with Crippen LogP contribution in [0, 0.1) is 5.41 Å². The van der Waals surface area contributed by atoms with E-state index in [1.165, 1.54) is 4.88 Å². The van der Waals surface area contributed by atoms with Crippen LogP contribution in [-0.4, -0.2) is 18.8 Å². The minimum atomic E-state index is 0.0571. The molecule has 3 N–H and O–H groups in total. The first kappa shape index (κ1) is 16.1. The third kappa shape index (κ3) is 4.63. The average molecular weight is 335 g/mol. The Bertz CT molecular complexity index is 362. The summed E-state index contributed by atoms with van der Waals surface area (Å²) in [5, 5.41) is 2.09. The normalized spacial score (nSPS) is 15.7. The molecule has 0 saturated heterocycles. The summed E-state index contributed by atoms with van der Waals surface area (Å²) >= 11 is 5.22. The molecule has 0 aliphatic rings. The Labute approximate surface area is 122 Å². The van der Waals surface area contributed by atoms with Gasteiger partial charge in [-0.15, -0.1) is 11.3 Å². The summed E-state index contributed by atoms with van der Waals surface area (Å²) in [6.45, 7) is 9.27. The zero-order valence-electron chi connectivity index (χ0n) is 11.5. The molecule has 0 aliphatic heterocycles. The first-order chi connectivity index (χ1) is 8.38. The summed E-state index contributed by atoms with van der Waals surface area (Å²) in [6, 6.07) is 2.26. The zero-order valence-corrected chi connectivity index (χ0v) is 13.9. The van der Waals surface area contributed by atoms with Crippen molar-refractivity contribution in [3.8, 4) is 0 Å². The molecule has 0 radical (unpaired) electrons. The maximum Gasteiger partial charge on any atom is 0.0792 e. The summed E-state index contributed by atoms with van der Waals surface area (Å²) in [7, 11) is 0. The van der Waals surface area contributed by atoms with Gasteiger partial charge in [0, 0.05) is 27.8 Å². The number of halogens is 1. The molecule has 0 saturated carbocycles. The van der Waals surface area contributed by atoms with Crippen molar-refractivity contribution in [1.82, 2.24) is 5.43 Å². The van der Waals surface area contributed by atoms with E-state index in [9.17, 15) is 0 Å². The second kappa shape index (κ2) is 7.01. The first-order valence-electron chi connectivity index (χ1n) is 6.19. The molecule has 1 heterocycles. The van der Waals surface area contributed by atoms with Gasteiger partial charge in [0.15, 0.2) is 0 Å². The van der Waals surface area contributed by atoms with E-state index in [0.29, 0.717) is 6.61 Å². The Kier molecular flexibility index (Phi) is 6.27. The van der Waals surface area contributed by atoms with Gasteiger partial charge in [-0.3, -0.25) is 11.3 Å². The molecule has 3 nitrogen and oxygen atoms in total. The topological polar surface area (TPSA) is 47.3 Å². The minimum absolute atomic E-state index is 0.0571. The van der Waals surface area contributed by atoms with Crippen LogP contribution in [0.5, 0.6) is 0 Å². The molecule has 1 aromatic rings. The molecule has 104 valence electrons. The lowest BCUT2D eigenvalue weighted by Crippen LogP contribution is -2.51. The second-order valence-corrected chi connectivity index (χ2v) is 7.36. The largest absolute Gasteiger partial charge is 0.376 e. The number of ether oxygens (including phenoxy) is 1. The maximum atomic E-state index is 5.89. The third-order valence-electron chi connectivity index (χ3n) is 2.82. The Hall–Kier alpha value is 0.0600. The molecule has 0 aromatic carbocycles. The molecule has 0 bridgehead atoms. The van der Waals surface area contributed by atoms with Crippen LogP contribution in [0.1, 0.15) is 32.6 Å². The van der Waals surface area contributed by atoms with Crippen LogP contribution in [0.2, 0.25) is 0 Å². The van der Waals surface area contributed by atoms with Crippen LogP contribution < -0.4 is 11.3 Å². The summed E-state index contributed by atoms with van der Waals surface area (Å²) in [6.07, 6.45) is 0.975. The van der Waals surface area contributed by atoms with Gasteiger partial charge >= 0.3 is 0 Å². The van der Waals surface area contributed by atoms with Gasteiger partial charge in [0.25, 0.3) is 0 Å². The average Bonchev–Trinajstić information content (AvgIpc) is 2.67. The lowest BCUT2D eigenvalue weighted by Gasteiger charge is -2.36. The Morgan fingerprint density at radius 1 is 1.50 bits per heavy atom. The van der Waals surface area contributed by atoms with Gasteiger partial charge in [-0.05, 0) is 34.3 Å². The van der Waals surface area contributed by atoms with Gasteiger partial charge in [-0.25, -0.2) is 0 Å². The quantitative estimate of drug-likeness (QED) is 0.619. The monoisotopic (exact) mass is 334 g/mol. The van der Waals surface area contributed by atoms with E-state index < -0.39 is 0 Å². The highest BCUT2D eigenvalue weighted by atomic mass is 79.9. The molecule has 0 amide bonds. The predicted molar refractivity (Wildman–Crippen MR) is 81.7 cm³/mol. The van der Waals surface area contributed by atoms with Crippen molar-refractivity contribution in [3.05, 3.63) is 20.8 Å². The molecule has 1 rings (SSSR count). The molecule has 0 spiro atoms. The fourth-order valence-electron chi connectivity index (χ4n) is 2.08. The van der Waals surface area contributed by atoms with Gasteiger partial charge in [-0.1, -0.05) is 20.8 Å². The van der Waals surface area contributed by atoms with Crippen molar-refractivity contribution in [1.29, 1.82) is 0 Å². The van der Waals surface area contributed by atoms with Crippen molar-refractivity contribution in [2.75, 3.05) is 6.61 Å². The van der Waals surface area contributed by atoms with Crippen LogP contribution in [0.4, 0.5) is 0 Å². The fraction of sp³-hybridized carbons (Fsp3) is 0.692. The van der Waals surface area contributed by atoms with Crippen LogP contribution in [0.15, 0.2) is 15.9 Å². The van der Waals surface area contributed by atoms with E-state index in [1.54, 1.807) is 11.3 Å². The van der Waals surface area contributed by atoms with Gasteiger partial charge in [0.05, 0.1) is 12.1 Å². The van der Waals surface area contributed by atoms with E-state index >= 15 is 0 Å². The predicted octanol–water partition coefficient (Wildman–Crippen LogP) is 3.34. The smallest absolute Gasteiger partial charge is 0.0792 e. The van der Waals surface area contributed by atoms with Gasteiger partial charge in [0.2, 0.25) is 0 Å². The number of hydrazine groups is 1. The number of hydrogen-bond acceptors (Lipinski definition) is 4. The molecule has 5 heteroatoms. The molecule has 18 heavy (non-hydrogen) atoms. The van der Waals surface area contributed by atoms with Crippen molar-refractivity contribution in [3.63, 3.8) is 0 Å². The van der Waals surface area contributed by atoms with Crippen molar-refractivity contribution < 1.29 is 4.74 Å². The van der Waals surface area contributed by atoms with Crippen molar-refractivity contribution >= 4 is 27.3 Å². The fourth-order valence-corrected chi connectivity index (χ4v) is 3.59. The van der Waals surface area contributed by atoms with E-state index in [-0.39, 0.29) is 17.6 Å². The number of hydrogen-bond donors (Lipinski definition) is 2. The number of nitrogens with two attached hydrogens (primary N) is 1. The van der Waals surface area contributed by atoms with E-state index in [2.05, 4.69) is 53.6 Å². The maximum absolute atomic E-state index is 5.89. The van der Waals surface area contributed by atoms with Crippen molar-refractivity contribution in [2.24, 2.45) is 11.3 Å². The molecule has 2 unspecified atom stereocenters. The van der Waals surface area contributed by atoms with E-state index in [0.717, 1.165) is 10.9 Å². The zero-order chi connectivity index (χ0) is 13.8. The van der Waals surface area contributed by atoms with Crippen LogP contribution in [0.25, 0.3) is 0 Å². The highest BCUT2D eigenvalue weighted by Gasteiger charge is 2.32. The van der Waals surface area contributed by atoms with Gasteiger partial charge in [-0.2, -0.15) is 0 Å². The first-order valence-corrected chi connectivity index (χ1v) is 7.86. The Morgan fingerprint density at radius 3 is 2.56 bits per heavy atom. The highest BCUT2D eigenvalue weighted by molar-refractivity contribution is 9.10. The van der Waals surface area contributed by atoms with Crippen LogP contribution in [0.3, 0.4) is 0 Å². The molecular formula is C13H23BrN2OS. The SMILES string of the molecule is CCOC(C(Cc1cc(Br)cs1)NN)C(C)(C)C. The number of rotatable bonds is 6. The minimum Gasteiger partial charge on any atom is -0.376 e. The lowest BCUT2D eigenvalue weighted by molar-refractivity contribution is -0.0354. The van der Waals surface area contributed by atoms with Gasteiger partial charge < -0.3 is 4.74 Å². The van der Waals surface area contributed by atoms with Gasteiger partial charge in [0.1, 0.15) is 0 Å². The molecule has 2 atom stereocenters. The summed E-state index contributed by atoms with van der Waals surface area (Å²) < 4.78 is 7.02. The van der Waals surface area contributed by atoms with Crippen LogP contribution in [-0.2, 0) is 11.2 Å². The molecule has 0 aliphatic carbocycles. The number of thiophene rings is 1. The molecule has 1 aromatic heterocycles.